The summed E-state index contributed by atoms with van der Waals surface area (Å²) in [4.78, 5) is 14.3. The number of rotatable bonds is 5. The van der Waals surface area contributed by atoms with Crippen molar-refractivity contribution in [1.29, 1.82) is 0 Å². The van der Waals surface area contributed by atoms with Gasteiger partial charge in [0.25, 0.3) is 6.43 Å². The highest BCUT2D eigenvalue weighted by Crippen LogP contribution is 2.36. The first-order chi connectivity index (χ1) is 13.5. The number of fused-ring (bicyclic) bond motifs is 1. The molecule has 0 unspecified atom stereocenters. The highest BCUT2D eigenvalue weighted by Gasteiger charge is 2.38. The lowest BCUT2D eigenvalue weighted by molar-refractivity contribution is -0.132. The van der Waals surface area contributed by atoms with E-state index in [0.717, 1.165) is 18.5 Å². The number of hydrogen-bond donors (Lipinski definition) is 1. The Morgan fingerprint density at radius 3 is 2.86 bits per heavy atom. The molecule has 1 N–H and O–H groups in total. The van der Waals surface area contributed by atoms with E-state index in [9.17, 15) is 13.6 Å². The molecule has 4 rings (SSSR count). The third kappa shape index (κ3) is 3.88. The van der Waals surface area contributed by atoms with Crippen LogP contribution in [0.4, 0.5) is 14.6 Å². The second kappa shape index (κ2) is 7.89. The van der Waals surface area contributed by atoms with E-state index >= 15 is 0 Å². The molecule has 9 heteroatoms. The van der Waals surface area contributed by atoms with Gasteiger partial charge in [-0.2, -0.15) is 5.10 Å². The number of halogens is 2. The SMILES string of the molecule is Cc1cc2n(n1)[C@@H](C(F)F)C[C@@H](C1CCN(C(=O)CCc3ccno3)CC1)N2. The van der Waals surface area contributed by atoms with Crippen molar-refractivity contribution >= 4 is 11.7 Å². The number of hydrogen-bond acceptors (Lipinski definition) is 5. The molecular weight excluding hydrogens is 368 g/mol. The van der Waals surface area contributed by atoms with Crippen molar-refractivity contribution in [3.63, 3.8) is 0 Å². The van der Waals surface area contributed by atoms with Crippen LogP contribution in [0.15, 0.2) is 22.9 Å². The number of aryl methyl sites for hydroxylation is 2. The summed E-state index contributed by atoms with van der Waals surface area (Å²) in [5, 5.41) is 11.3. The number of carbonyl (C=O) groups excluding carboxylic acids is 1. The van der Waals surface area contributed by atoms with E-state index in [-0.39, 0.29) is 17.9 Å². The lowest BCUT2D eigenvalue weighted by Gasteiger charge is -2.40. The Morgan fingerprint density at radius 1 is 1.39 bits per heavy atom. The smallest absolute Gasteiger partial charge is 0.260 e. The second-order valence-electron chi connectivity index (χ2n) is 7.70. The molecule has 2 atom stereocenters. The van der Waals surface area contributed by atoms with Crippen LogP contribution in [-0.4, -0.2) is 51.3 Å². The summed E-state index contributed by atoms with van der Waals surface area (Å²) in [5.74, 6) is 1.75. The monoisotopic (exact) mass is 393 g/mol. The number of anilines is 1. The summed E-state index contributed by atoms with van der Waals surface area (Å²) in [6.07, 6.45) is 2.05. The van der Waals surface area contributed by atoms with Gasteiger partial charge in [-0.3, -0.25) is 4.79 Å². The Kier molecular flexibility index (Phi) is 5.32. The molecule has 0 aliphatic carbocycles. The predicted molar refractivity (Wildman–Crippen MR) is 98.2 cm³/mol. The highest BCUT2D eigenvalue weighted by atomic mass is 19.3. The highest BCUT2D eigenvalue weighted by molar-refractivity contribution is 5.76. The van der Waals surface area contributed by atoms with Gasteiger partial charge in [-0.25, -0.2) is 13.5 Å². The third-order valence-corrected chi connectivity index (χ3v) is 5.83. The van der Waals surface area contributed by atoms with Crippen LogP contribution < -0.4 is 5.32 Å². The number of amides is 1. The van der Waals surface area contributed by atoms with Crippen molar-refractivity contribution in [2.75, 3.05) is 18.4 Å². The zero-order valence-corrected chi connectivity index (χ0v) is 15.9. The number of carbonyl (C=O) groups is 1. The van der Waals surface area contributed by atoms with Gasteiger partial charge in [-0.1, -0.05) is 5.16 Å². The maximum atomic E-state index is 13.6. The fraction of sp³-hybridized carbons (Fsp3) is 0.632. The standard InChI is InChI=1S/C19H25F2N5O2/c1-12-10-17-23-15(11-16(19(20)21)26(17)24-12)13-5-8-25(9-6-13)18(27)3-2-14-4-7-22-28-14/h4,7,10,13,15-16,19,23H,2-3,5-6,8-9,11H2,1H3/t15-,16+/m0/s1. The van der Waals surface area contributed by atoms with Gasteiger partial charge < -0.3 is 14.7 Å². The molecule has 2 aromatic rings. The van der Waals surface area contributed by atoms with E-state index in [2.05, 4.69) is 15.6 Å². The Bertz CT molecular complexity index is 799. The molecule has 1 amide bonds. The van der Waals surface area contributed by atoms with Crippen LogP contribution in [0.5, 0.6) is 0 Å². The van der Waals surface area contributed by atoms with Crippen LogP contribution in [-0.2, 0) is 11.2 Å². The van der Waals surface area contributed by atoms with E-state index in [1.165, 1.54) is 4.68 Å². The van der Waals surface area contributed by atoms with Crippen molar-refractivity contribution in [1.82, 2.24) is 19.8 Å². The van der Waals surface area contributed by atoms with Crippen LogP contribution >= 0.6 is 0 Å². The van der Waals surface area contributed by atoms with Crippen molar-refractivity contribution in [3.05, 3.63) is 29.8 Å². The summed E-state index contributed by atoms with van der Waals surface area (Å²) in [6.45, 7) is 3.14. The number of nitrogens with zero attached hydrogens (tertiary/aromatic N) is 4. The largest absolute Gasteiger partial charge is 0.367 e. The second-order valence-corrected chi connectivity index (χ2v) is 7.70. The molecule has 4 heterocycles. The van der Waals surface area contributed by atoms with Crippen LogP contribution in [0.1, 0.15) is 43.2 Å². The normalized spacial score (nSPS) is 22.9. The van der Waals surface area contributed by atoms with E-state index in [0.29, 0.717) is 43.9 Å². The molecule has 152 valence electrons. The van der Waals surface area contributed by atoms with Gasteiger partial charge >= 0.3 is 0 Å². The lowest BCUT2D eigenvalue weighted by Crippen LogP contribution is -2.46. The van der Waals surface area contributed by atoms with Crippen LogP contribution in [0, 0.1) is 12.8 Å². The fourth-order valence-corrected chi connectivity index (χ4v) is 4.32. The Morgan fingerprint density at radius 2 is 2.18 bits per heavy atom. The summed E-state index contributed by atoms with van der Waals surface area (Å²) >= 11 is 0. The van der Waals surface area contributed by atoms with Gasteiger partial charge in [0.1, 0.15) is 17.6 Å². The first kappa shape index (κ1) is 18.9. The molecule has 1 saturated heterocycles. The van der Waals surface area contributed by atoms with Crippen LogP contribution in [0.3, 0.4) is 0 Å². The summed E-state index contributed by atoms with van der Waals surface area (Å²) in [6, 6.07) is 2.68. The topological polar surface area (TPSA) is 76.2 Å². The Hall–Kier alpha value is -2.45. The molecular formula is C19H25F2N5O2. The maximum absolute atomic E-state index is 13.6. The fourth-order valence-electron chi connectivity index (χ4n) is 4.32. The first-order valence-corrected chi connectivity index (χ1v) is 9.79. The van der Waals surface area contributed by atoms with Crippen molar-refractivity contribution in [2.45, 2.75) is 57.5 Å². The Balaban J connectivity index is 1.33. The molecule has 2 aromatic heterocycles. The van der Waals surface area contributed by atoms with Crippen molar-refractivity contribution in [3.8, 4) is 0 Å². The molecule has 1 fully saturated rings. The number of nitrogens with one attached hydrogen (secondary N) is 1. The quantitative estimate of drug-likeness (QED) is 0.845. The molecule has 2 aliphatic heterocycles. The third-order valence-electron chi connectivity index (χ3n) is 5.83. The average molecular weight is 393 g/mol. The minimum atomic E-state index is -2.44. The van der Waals surface area contributed by atoms with Gasteiger partial charge in [0.15, 0.2) is 0 Å². The summed E-state index contributed by atoms with van der Waals surface area (Å²) in [7, 11) is 0. The van der Waals surface area contributed by atoms with Gasteiger partial charge in [0, 0.05) is 44.1 Å². The molecule has 28 heavy (non-hydrogen) atoms. The summed E-state index contributed by atoms with van der Waals surface area (Å²) < 4.78 is 33.6. The lowest BCUT2D eigenvalue weighted by atomic mass is 9.85. The zero-order valence-electron chi connectivity index (χ0n) is 15.9. The van der Waals surface area contributed by atoms with E-state index < -0.39 is 12.5 Å². The van der Waals surface area contributed by atoms with Gasteiger partial charge in [-0.05, 0) is 32.1 Å². The predicted octanol–water partition coefficient (Wildman–Crippen LogP) is 3.04. The minimum Gasteiger partial charge on any atom is -0.367 e. The summed E-state index contributed by atoms with van der Waals surface area (Å²) in [5.41, 5.74) is 0.737. The molecule has 0 aromatic carbocycles. The number of piperidine rings is 1. The van der Waals surface area contributed by atoms with Gasteiger partial charge in [0.05, 0.1) is 11.9 Å². The molecule has 0 saturated carbocycles. The number of likely N-dealkylation sites (tertiary alicyclic amines) is 1. The van der Waals surface area contributed by atoms with Crippen LogP contribution in [0.25, 0.3) is 0 Å². The Labute approximate surface area is 162 Å². The average Bonchev–Trinajstić information content (AvgIpc) is 3.33. The number of aromatic nitrogens is 3. The molecule has 7 nitrogen and oxygen atoms in total. The first-order valence-electron chi connectivity index (χ1n) is 9.79. The maximum Gasteiger partial charge on any atom is 0.260 e. The van der Waals surface area contributed by atoms with Gasteiger partial charge in [0.2, 0.25) is 5.91 Å². The zero-order chi connectivity index (χ0) is 19.7. The molecule has 0 bridgehead atoms. The van der Waals surface area contributed by atoms with Gasteiger partial charge in [-0.15, -0.1) is 0 Å². The van der Waals surface area contributed by atoms with E-state index in [1.807, 2.05) is 17.9 Å². The van der Waals surface area contributed by atoms with E-state index in [4.69, 9.17) is 4.52 Å². The van der Waals surface area contributed by atoms with Crippen molar-refractivity contribution in [2.24, 2.45) is 5.92 Å². The number of alkyl halides is 2. The minimum absolute atomic E-state index is 0.0194. The van der Waals surface area contributed by atoms with Crippen LogP contribution in [0.2, 0.25) is 0 Å². The molecule has 2 aliphatic rings. The molecule has 0 radical (unpaired) electrons. The van der Waals surface area contributed by atoms with Crippen molar-refractivity contribution < 1.29 is 18.1 Å². The van der Waals surface area contributed by atoms with E-state index in [1.54, 1.807) is 12.3 Å². The molecule has 0 spiro atoms.